The summed E-state index contributed by atoms with van der Waals surface area (Å²) < 4.78 is 1.92. The number of hydrogen-bond donors (Lipinski definition) is 1. The molecule has 1 aliphatic rings. The van der Waals surface area contributed by atoms with E-state index in [1.54, 1.807) is 0 Å². The molecule has 1 heterocycles. The number of hydrogen-bond acceptors (Lipinski definition) is 3. The Morgan fingerprint density at radius 3 is 2.59 bits per heavy atom. The molecule has 1 N–H and O–H groups in total. The molecule has 17 heavy (non-hydrogen) atoms. The van der Waals surface area contributed by atoms with Gasteiger partial charge in [-0.25, -0.2) is 0 Å². The Balaban J connectivity index is 2.31. The maximum Gasteiger partial charge on any atom is 0.0758 e. The zero-order chi connectivity index (χ0) is 12.3. The van der Waals surface area contributed by atoms with Gasteiger partial charge in [-0.1, -0.05) is 31.9 Å². The molecule has 0 bridgehead atoms. The first-order valence-corrected chi connectivity index (χ1v) is 6.81. The van der Waals surface area contributed by atoms with Crippen LogP contribution in [0.4, 0.5) is 0 Å². The summed E-state index contributed by atoms with van der Waals surface area (Å²) in [7, 11) is 1.99. The van der Waals surface area contributed by atoms with E-state index < -0.39 is 0 Å². The minimum absolute atomic E-state index is 0.403. The molecule has 0 aliphatic heterocycles. The van der Waals surface area contributed by atoms with Crippen LogP contribution in [0.5, 0.6) is 0 Å². The quantitative estimate of drug-likeness (QED) is 0.854. The summed E-state index contributed by atoms with van der Waals surface area (Å²) in [6.45, 7) is 5.49. The van der Waals surface area contributed by atoms with E-state index in [-0.39, 0.29) is 0 Å². The first-order valence-electron chi connectivity index (χ1n) is 6.81. The molecule has 4 nitrogen and oxygen atoms in total. The zero-order valence-corrected chi connectivity index (χ0v) is 11.2. The Morgan fingerprint density at radius 1 is 1.41 bits per heavy atom. The Bertz CT molecular complexity index is 352. The summed E-state index contributed by atoms with van der Waals surface area (Å²) in [5.41, 5.74) is 1.64. The maximum absolute atomic E-state index is 4.08. The van der Waals surface area contributed by atoms with E-state index >= 15 is 0 Å². The highest BCUT2D eigenvalue weighted by atomic mass is 15.4. The Labute approximate surface area is 104 Å². The third-order valence-electron chi connectivity index (χ3n) is 4.37. The zero-order valence-electron chi connectivity index (χ0n) is 11.2. The van der Waals surface area contributed by atoms with Crippen molar-refractivity contribution < 1.29 is 0 Å². The van der Waals surface area contributed by atoms with Crippen LogP contribution >= 0.6 is 0 Å². The van der Waals surface area contributed by atoms with Crippen molar-refractivity contribution in [3.63, 3.8) is 0 Å². The smallest absolute Gasteiger partial charge is 0.0758 e. The van der Waals surface area contributed by atoms with Crippen molar-refractivity contribution in [1.29, 1.82) is 0 Å². The summed E-state index contributed by atoms with van der Waals surface area (Å²) in [5.74, 6) is 0. The fraction of sp³-hybridized carbons (Fsp3) is 0.846. The minimum atomic E-state index is 0.403. The maximum atomic E-state index is 4.08. The lowest BCUT2D eigenvalue weighted by Gasteiger charge is -2.37. The van der Waals surface area contributed by atoms with Gasteiger partial charge in [-0.3, -0.25) is 4.68 Å². The molecule has 4 heteroatoms. The third-order valence-corrected chi connectivity index (χ3v) is 4.37. The normalized spacial score (nSPS) is 20.6. The van der Waals surface area contributed by atoms with E-state index in [4.69, 9.17) is 0 Å². The van der Waals surface area contributed by atoms with Crippen LogP contribution in [0.3, 0.4) is 0 Å². The lowest BCUT2D eigenvalue weighted by atomic mass is 9.75. The summed E-state index contributed by atoms with van der Waals surface area (Å²) >= 11 is 0. The summed E-state index contributed by atoms with van der Waals surface area (Å²) in [4.78, 5) is 0. The SMILES string of the molecule is CCNC(c1cnnn1C)C1(CC)CCCC1. The number of nitrogens with zero attached hydrogens (tertiary/aromatic N) is 3. The number of aryl methyl sites for hydroxylation is 1. The summed E-state index contributed by atoms with van der Waals surface area (Å²) in [6, 6.07) is 0.403. The van der Waals surface area contributed by atoms with Gasteiger partial charge < -0.3 is 5.32 Å². The first kappa shape index (κ1) is 12.6. The van der Waals surface area contributed by atoms with Gasteiger partial charge in [-0.2, -0.15) is 0 Å². The van der Waals surface area contributed by atoms with Gasteiger partial charge in [0.15, 0.2) is 0 Å². The van der Waals surface area contributed by atoms with Gasteiger partial charge >= 0.3 is 0 Å². The summed E-state index contributed by atoms with van der Waals surface area (Å²) in [6.07, 6.45) is 8.53. The molecule has 1 aromatic heterocycles. The van der Waals surface area contributed by atoms with Gasteiger partial charge in [0.1, 0.15) is 0 Å². The van der Waals surface area contributed by atoms with E-state index in [0.717, 1.165) is 6.54 Å². The van der Waals surface area contributed by atoms with Gasteiger partial charge in [0, 0.05) is 7.05 Å². The Kier molecular flexibility index (Phi) is 3.82. The lowest BCUT2D eigenvalue weighted by molar-refractivity contribution is 0.181. The number of rotatable bonds is 5. The van der Waals surface area contributed by atoms with E-state index in [1.807, 2.05) is 17.9 Å². The molecule has 0 saturated heterocycles. The number of nitrogens with one attached hydrogen (secondary N) is 1. The molecule has 0 spiro atoms. The van der Waals surface area contributed by atoms with Crippen molar-refractivity contribution in [3.8, 4) is 0 Å². The largest absolute Gasteiger partial charge is 0.308 e. The molecule has 2 rings (SSSR count). The standard InChI is InChI=1S/C13H24N4/c1-4-13(8-6-7-9-13)12(14-5-2)11-10-15-16-17(11)3/h10,12,14H,4-9H2,1-3H3. The van der Waals surface area contributed by atoms with Gasteiger partial charge in [0.2, 0.25) is 0 Å². The van der Waals surface area contributed by atoms with E-state index in [2.05, 4.69) is 29.5 Å². The van der Waals surface area contributed by atoms with Gasteiger partial charge in [-0.05, 0) is 31.2 Å². The highest BCUT2D eigenvalue weighted by molar-refractivity contribution is 5.10. The van der Waals surface area contributed by atoms with Crippen molar-refractivity contribution in [3.05, 3.63) is 11.9 Å². The van der Waals surface area contributed by atoms with Crippen molar-refractivity contribution in [2.45, 2.75) is 52.0 Å². The van der Waals surface area contributed by atoms with Crippen LogP contribution in [0.2, 0.25) is 0 Å². The van der Waals surface area contributed by atoms with Crippen LogP contribution in [-0.2, 0) is 7.05 Å². The van der Waals surface area contributed by atoms with E-state index in [1.165, 1.54) is 37.8 Å². The molecular weight excluding hydrogens is 212 g/mol. The minimum Gasteiger partial charge on any atom is -0.308 e. The van der Waals surface area contributed by atoms with Crippen molar-refractivity contribution in [2.75, 3.05) is 6.54 Å². The van der Waals surface area contributed by atoms with Crippen LogP contribution in [-0.4, -0.2) is 21.5 Å². The summed E-state index contributed by atoms with van der Waals surface area (Å²) in [5, 5.41) is 11.8. The first-order chi connectivity index (χ1) is 8.23. The van der Waals surface area contributed by atoms with Crippen LogP contribution in [0.25, 0.3) is 0 Å². The Morgan fingerprint density at radius 2 is 2.12 bits per heavy atom. The second-order valence-corrected chi connectivity index (χ2v) is 5.20. The molecular formula is C13H24N4. The molecule has 1 saturated carbocycles. The second-order valence-electron chi connectivity index (χ2n) is 5.20. The Hall–Kier alpha value is -0.900. The second kappa shape index (κ2) is 5.17. The topological polar surface area (TPSA) is 42.7 Å². The predicted molar refractivity (Wildman–Crippen MR) is 68.6 cm³/mol. The highest BCUT2D eigenvalue weighted by Crippen LogP contribution is 2.49. The van der Waals surface area contributed by atoms with Crippen molar-refractivity contribution >= 4 is 0 Å². The van der Waals surface area contributed by atoms with Gasteiger partial charge in [-0.15, -0.1) is 5.10 Å². The molecule has 1 unspecified atom stereocenters. The van der Waals surface area contributed by atoms with Crippen molar-refractivity contribution in [1.82, 2.24) is 20.3 Å². The fourth-order valence-corrected chi connectivity index (χ4v) is 3.32. The number of aromatic nitrogens is 3. The van der Waals surface area contributed by atoms with Crippen LogP contribution in [0.1, 0.15) is 57.7 Å². The molecule has 0 radical (unpaired) electrons. The lowest BCUT2D eigenvalue weighted by Crippen LogP contribution is -2.37. The van der Waals surface area contributed by atoms with Crippen LogP contribution in [0.15, 0.2) is 6.20 Å². The molecule has 0 aromatic carbocycles. The average molecular weight is 236 g/mol. The third kappa shape index (κ3) is 2.23. The monoisotopic (exact) mass is 236 g/mol. The molecule has 1 aromatic rings. The molecule has 96 valence electrons. The predicted octanol–water partition coefficient (Wildman–Crippen LogP) is 2.44. The fourth-order valence-electron chi connectivity index (χ4n) is 3.32. The van der Waals surface area contributed by atoms with Crippen molar-refractivity contribution in [2.24, 2.45) is 12.5 Å². The van der Waals surface area contributed by atoms with E-state index in [0.29, 0.717) is 11.5 Å². The molecule has 1 fully saturated rings. The van der Waals surface area contributed by atoms with Gasteiger partial charge in [0.05, 0.1) is 17.9 Å². The highest BCUT2D eigenvalue weighted by Gasteiger charge is 2.41. The van der Waals surface area contributed by atoms with Crippen LogP contribution < -0.4 is 5.32 Å². The molecule has 1 aliphatic carbocycles. The molecule has 0 amide bonds. The molecule has 1 atom stereocenters. The average Bonchev–Trinajstić information content (AvgIpc) is 2.96. The van der Waals surface area contributed by atoms with E-state index in [9.17, 15) is 0 Å². The van der Waals surface area contributed by atoms with Crippen LogP contribution in [0, 0.1) is 5.41 Å². The van der Waals surface area contributed by atoms with Gasteiger partial charge in [0.25, 0.3) is 0 Å².